The highest BCUT2D eigenvalue weighted by Gasteiger charge is 2.36. The number of piperidine rings is 1. The molecule has 1 aliphatic carbocycles. The zero-order chi connectivity index (χ0) is 11.4. The van der Waals surface area contributed by atoms with Gasteiger partial charge in [0, 0.05) is 18.6 Å². The number of likely N-dealkylation sites (tertiary alicyclic amines) is 1. The van der Waals surface area contributed by atoms with Crippen LogP contribution in [0.5, 0.6) is 0 Å². The maximum Gasteiger partial charge on any atom is 0.00985 e. The molecule has 0 aromatic heterocycles. The van der Waals surface area contributed by atoms with E-state index in [1.54, 1.807) is 0 Å². The van der Waals surface area contributed by atoms with Gasteiger partial charge < -0.3 is 10.2 Å². The van der Waals surface area contributed by atoms with Gasteiger partial charge in [-0.15, -0.1) is 0 Å². The van der Waals surface area contributed by atoms with Crippen LogP contribution in [0.2, 0.25) is 0 Å². The molecule has 2 aliphatic rings. The molecule has 2 heteroatoms. The second-order valence-corrected chi connectivity index (χ2v) is 5.83. The largest absolute Gasteiger partial charge is 0.314 e. The van der Waals surface area contributed by atoms with Gasteiger partial charge in [-0.2, -0.15) is 0 Å². The van der Waals surface area contributed by atoms with Crippen LogP contribution in [-0.2, 0) is 0 Å². The summed E-state index contributed by atoms with van der Waals surface area (Å²) in [5, 5.41) is 3.57. The van der Waals surface area contributed by atoms with Gasteiger partial charge in [0.25, 0.3) is 0 Å². The van der Waals surface area contributed by atoms with E-state index in [-0.39, 0.29) is 0 Å². The molecule has 1 N–H and O–H groups in total. The topological polar surface area (TPSA) is 15.3 Å². The third-order valence-electron chi connectivity index (χ3n) is 4.35. The van der Waals surface area contributed by atoms with Crippen LogP contribution >= 0.6 is 0 Å². The number of hydrogen-bond donors (Lipinski definition) is 1. The number of nitrogens with one attached hydrogen (secondary N) is 1. The fraction of sp³-hybridized carbons (Fsp3) is 1.00. The summed E-state index contributed by atoms with van der Waals surface area (Å²) in [6, 6.07) is 1.67. The van der Waals surface area contributed by atoms with Crippen molar-refractivity contribution in [3.8, 4) is 0 Å². The fourth-order valence-electron chi connectivity index (χ4n) is 3.39. The van der Waals surface area contributed by atoms with E-state index in [2.05, 4.69) is 24.1 Å². The van der Waals surface area contributed by atoms with E-state index in [0.717, 1.165) is 12.0 Å². The lowest BCUT2D eigenvalue weighted by Gasteiger charge is -2.27. The predicted molar refractivity (Wildman–Crippen MR) is 69.7 cm³/mol. The van der Waals surface area contributed by atoms with Gasteiger partial charge in [0.2, 0.25) is 0 Å². The Kier molecular flexibility index (Phi) is 4.66. The molecule has 0 aromatic carbocycles. The first-order valence-electron chi connectivity index (χ1n) is 7.27. The van der Waals surface area contributed by atoms with Crippen LogP contribution in [0.25, 0.3) is 0 Å². The normalized spacial score (nSPS) is 31.1. The van der Waals surface area contributed by atoms with Crippen molar-refractivity contribution in [2.75, 3.05) is 19.6 Å². The Labute approximate surface area is 101 Å². The van der Waals surface area contributed by atoms with Crippen LogP contribution in [0.4, 0.5) is 0 Å². The van der Waals surface area contributed by atoms with E-state index >= 15 is 0 Å². The summed E-state index contributed by atoms with van der Waals surface area (Å²) < 4.78 is 0. The van der Waals surface area contributed by atoms with Crippen molar-refractivity contribution < 1.29 is 0 Å². The van der Waals surface area contributed by atoms with Crippen molar-refractivity contribution in [1.82, 2.24) is 10.2 Å². The summed E-state index contributed by atoms with van der Waals surface area (Å²) in [4.78, 5) is 2.75. The first-order chi connectivity index (χ1) is 7.79. The van der Waals surface area contributed by atoms with E-state index < -0.39 is 0 Å². The van der Waals surface area contributed by atoms with Crippen LogP contribution in [0.15, 0.2) is 0 Å². The maximum atomic E-state index is 3.57. The van der Waals surface area contributed by atoms with Crippen molar-refractivity contribution in [1.29, 1.82) is 0 Å². The molecule has 0 spiro atoms. The molecule has 0 amide bonds. The first-order valence-corrected chi connectivity index (χ1v) is 7.27. The summed E-state index contributed by atoms with van der Waals surface area (Å²) in [5.74, 6) is 1.06. The second-order valence-electron chi connectivity index (χ2n) is 5.83. The van der Waals surface area contributed by atoms with Crippen molar-refractivity contribution >= 4 is 0 Å². The summed E-state index contributed by atoms with van der Waals surface area (Å²) in [5.41, 5.74) is 0. The molecule has 0 aromatic rings. The lowest BCUT2D eigenvalue weighted by molar-refractivity contribution is 0.207. The molecule has 3 unspecified atom stereocenters. The van der Waals surface area contributed by atoms with Crippen LogP contribution in [0.3, 0.4) is 0 Å². The highest BCUT2D eigenvalue weighted by molar-refractivity contribution is 4.91. The molecule has 94 valence electrons. The molecule has 16 heavy (non-hydrogen) atoms. The van der Waals surface area contributed by atoms with Crippen molar-refractivity contribution in [3.05, 3.63) is 0 Å². The Bertz CT molecular complexity index is 205. The molecule has 3 atom stereocenters. The molecule has 1 heterocycles. The van der Waals surface area contributed by atoms with Crippen LogP contribution in [0, 0.1) is 5.92 Å². The minimum atomic E-state index is 0.708. The van der Waals surface area contributed by atoms with E-state index in [0.29, 0.717) is 6.04 Å². The second kappa shape index (κ2) is 6.02. The Morgan fingerprint density at radius 2 is 2.25 bits per heavy atom. The molecule has 1 saturated heterocycles. The van der Waals surface area contributed by atoms with Crippen molar-refractivity contribution in [2.45, 2.75) is 64.5 Å². The molecule has 2 fully saturated rings. The molecular formula is C14H28N2. The van der Waals surface area contributed by atoms with Crippen LogP contribution < -0.4 is 5.32 Å². The molecule has 1 saturated carbocycles. The van der Waals surface area contributed by atoms with Gasteiger partial charge in [0.15, 0.2) is 0 Å². The van der Waals surface area contributed by atoms with Gasteiger partial charge in [0.1, 0.15) is 0 Å². The molecule has 1 aliphatic heterocycles. The van der Waals surface area contributed by atoms with Crippen molar-refractivity contribution in [2.24, 2.45) is 5.92 Å². The molecule has 2 bridgehead atoms. The summed E-state index contributed by atoms with van der Waals surface area (Å²) in [6.45, 7) is 8.49. The third kappa shape index (κ3) is 3.21. The zero-order valence-electron chi connectivity index (χ0n) is 11.0. The van der Waals surface area contributed by atoms with Crippen LogP contribution in [-0.4, -0.2) is 36.6 Å². The van der Waals surface area contributed by atoms with Gasteiger partial charge >= 0.3 is 0 Å². The quantitative estimate of drug-likeness (QED) is 0.715. The molecule has 0 radical (unpaired) electrons. The lowest BCUT2D eigenvalue weighted by Crippen LogP contribution is -2.34. The average Bonchev–Trinajstić information content (AvgIpc) is 2.88. The Morgan fingerprint density at radius 3 is 2.88 bits per heavy atom. The molecular weight excluding hydrogens is 196 g/mol. The number of hydrogen-bond acceptors (Lipinski definition) is 2. The van der Waals surface area contributed by atoms with E-state index in [1.807, 2.05) is 0 Å². The number of nitrogens with zero attached hydrogens (tertiary/aromatic N) is 1. The van der Waals surface area contributed by atoms with Gasteiger partial charge in [-0.3, -0.25) is 0 Å². The SMILES string of the molecule is CCCNC(C)CCCN1CC2CCC1C2. The minimum absolute atomic E-state index is 0.708. The van der Waals surface area contributed by atoms with E-state index in [4.69, 9.17) is 0 Å². The smallest absolute Gasteiger partial charge is 0.00985 e. The predicted octanol–water partition coefficient (Wildman–Crippen LogP) is 2.64. The van der Waals surface area contributed by atoms with Gasteiger partial charge in [0.05, 0.1) is 0 Å². The zero-order valence-corrected chi connectivity index (χ0v) is 11.0. The Balaban J connectivity index is 1.54. The standard InChI is InChI=1S/C14H28N2/c1-3-8-15-12(2)5-4-9-16-11-13-6-7-14(16)10-13/h12-15H,3-11H2,1-2H3. The van der Waals surface area contributed by atoms with Crippen molar-refractivity contribution in [3.63, 3.8) is 0 Å². The van der Waals surface area contributed by atoms with Gasteiger partial charge in [-0.1, -0.05) is 6.92 Å². The Hall–Kier alpha value is -0.0800. The summed E-state index contributed by atoms with van der Waals surface area (Å²) in [6.07, 6.45) is 8.46. The molecule has 2 nitrogen and oxygen atoms in total. The first kappa shape index (κ1) is 12.4. The van der Waals surface area contributed by atoms with Crippen LogP contribution in [0.1, 0.15) is 52.4 Å². The van der Waals surface area contributed by atoms with E-state index in [1.165, 1.54) is 58.2 Å². The van der Waals surface area contributed by atoms with Gasteiger partial charge in [-0.05, 0) is 64.5 Å². The fourth-order valence-corrected chi connectivity index (χ4v) is 3.39. The average molecular weight is 224 g/mol. The summed E-state index contributed by atoms with van der Waals surface area (Å²) in [7, 11) is 0. The van der Waals surface area contributed by atoms with Gasteiger partial charge in [-0.25, -0.2) is 0 Å². The number of rotatable bonds is 7. The lowest BCUT2D eigenvalue weighted by atomic mass is 10.1. The minimum Gasteiger partial charge on any atom is -0.314 e. The monoisotopic (exact) mass is 224 g/mol. The third-order valence-corrected chi connectivity index (χ3v) is 4.35. The maximum absolute atomic E-state index is 3.57. The number of fused-ring (bicyclic) bond motifs is 2. The summed E-state index contributed by atoms with van der Waals surface area (Å²) >= 11 is 0. The highest BCUT2D eigenvalue weighted by Crippen LogP contribution is 2.37. The van der Waals surface area contributed by atoms with E-state index in [9.17, 15) is 0 Å². The Morgan fingerprint density at radius 1 is 1.38 bits per heavy atom. The molecule has 2 rings (SSSR count). The highest BCUT2D eigenvalue weighted by atomic mass is 15.2.